The lowest BCUT2D eigenvalue weighted by atomic mass is 9.92. The van der Waals surface area contributed by atoms with Crippen molar-refractivity contribution in [3.8, 4) is 0 Å². The predicted octanol–water partition coefficient (Wildman–Crippen LogP) is 5.76. The van der Waals surface area contributed by atoms with Crippen LogP contribution in [-0.4, -0.2) is 0 Å². The average Bonchev–Trinajstić information content (AvgIpc) is 2.48. The minimum absolute atomic E-state index is 1.31. The van der Waals surface area contributed by atoms with Gasteiger partial charge in [0, 0.05) is 0 Å². The van der Waals surface area contributed by atoms with Crippen molar-refractivity contribution in [2.24, 2.45) is 0 Å². The molecule has 0 amide bonds. The molecule has 0 aliphatic heterocycles. The summed E-state index contributed by atoms with van der Waals surface area (Å²) in [5.41, 5.74) is 2.73. The van der Waals surface area contributed by atoms with E-state index in [-0.39, 0.29) is 0 Å². The van der Waals surface area contributed by atoms with Crippen LogP contribution >= 0.6 is 0 Å². The Kier molecular flexibility index (Phi) is 2.34. The zero-order valence-electron chi connectivity index (χ0n) is 11.8. The SMILES string of the molecule is Cc1cccc2c(C)c3ccc4ccccc4c3cc12. The van der Waals surface area contributed by atoms with E-state index in [1.807, 2.05) is 0 Å². The molecule has 0 heterocycles. The molecule has 0 aliphatic rings. The number of aryl methyl sites for hydroxylation is 2. The van der Waals surface area contributed by atoms with E-state index in [4.69, 9.17) is 0 Å². The number of hydrogen-bond donors (Lipinski definition) is 0. The van der Waals surface area contributed by atoms with E-state index in [0.29, 0.717) is 0 Å². The highest BCUT2D eigenvalue weighted by Crippen LogP contribution is 2.33. The third-order valence-electron chi connectivity index (χ3n) is 4.39. The first-order valence-electron chi connectivity index (χ1n) is 7.06. The van der Waals surface area contributed by atoms with Crippen molar-refractivity contribution < 1.29 is 0 Å². The van der Waals surface area contributed by atoms with Gasteiger partial charge in [-0.2, -0.15) is 0 Å². The summed E-state index contributed by atoms with van der Waals surface area (Å²) in [7, 11) is 0. The van der Waals surface area contributed by atoms with Crippen molar-refractivity contribution in [2.75, 3.05) is 0 Å². The summed E-state index contributed by atoms with van der Waals surface area (Å²) >= 11 is 0. The number of hydrogen-bond acceptors (Lipinski definition) is 0. The Morgan fingerprint density at radius 1 is 0.550 bits per heavy atom. The Hall–Kier alpha value is -2.34. The summed E-state index contributed by atoms with van der Waals surface area (Å²) in [4.78, 5) is 0. The first-order valence-corrected chi connectivity index (χ1v) is 7.06. The van der Waals surface area contributed by atoms with Crippen LogP contribution < -0.4 is 0 Å². The molecule has 0 radical (unpaired) electrons. The van der Waals surface area contributed by atoms with E-state index >= 15 is 0 Å². The topological polar surface area (TPSA) is 0 Å². The van der Waals surface area contributed by atoms with Crippen LogP contribution in [0.3, 0.4) is 0 Å². The molecular formula is C20H16. The highest BCUT2D eigenvalue weighted by molar-refractivity contribution is 6.14. The quantitative estimate of drug-likeness (QED) is 0.277. The van der Waals surface area contributed by atoms with E-state index < -0.39 is 0 Å². The van der Waals surface area contributed by atoms with Crippen molar-refractivity contribution in [1.82, 2.24) is 0 Å². The minimum Gasteiger partial charge on any atom is -0.0616 e. The first kappa shape index (κ1) is 11.5. The van der Waals surface area contributed by atoms with Crippen molar-refractivity contribution in [3.05, 3.63) is 71.8 Å². The van der Waals surface area contributed by atoms with Crippen LogP contribution in [0.5, 0.6) is 0 Å². The lowest BCUT2D eigenvalue weighted by Gasteiger charge is -2.11. The zero-order valence-corrected chi connectivity index (χ0v) is 11.8. The summed E-state index contributed by atoms with van der Waals surface area (Å²) in [6.45, 7) is 4.43. The van der Waals surface area contributed by atoms with Crippen LogP contribution in [0.25, 0.3) is 32.3 Å². The number of benzene rings is 4. The summed E-state index contributed by atoms with van der Waals surface area (Å²) < 4.78 is 0. The molecule has 4 aromatic rings. The van der Waals surface area contributed by atoms with Crippen molar-refractivity contribution in [1.29, 1.82) is 0 Å². The maximum absolute atomic E-state index is 2.36. The van der Waals surface area contributed by atoms with Gasteiger partial charge in [0.1, 0.15) is 0 Å². The van der Waals surface area contributed by atoms with Gasteiger partial charge in [-0.15, -0.1) is 0 Å². The maximum atomic E-state index is 2.36. The van der Waals surface area contributed by atoms with Crippen LogP contribution in [0.1, 0.15) is 11.1 Å². The van der Waals surface area contributed by atoms with Crippen LogP contribution in [0.15, 0.2) is 60.7 Å². The second-order valence-corrected chi connectivity index (χ2v) is 5.55. The fraction of sp³-hybridized carbons (Fsp3) is 0.100. The molecule has 0 aliphatic carbocycles. The Labute approximate surface area is 118 Å². The lowest BCUT2D eigenvalue weighted by Crippen LogP contribution is -1.86. The molecule has 0 atom stereocenters. The molecule has 0 aromatic heterocycles. The molecule has 0 N–H and O–H groups in total. The molecule has 0 bridgehead atoms. The van der Waals surface area contributed by atoms with Crippen molar-refractivity contribution in [2.45, 2.75) is 13.8 Å². The standard InChI is InChI=1S/C20H16/c1-13-6-5-9-16-14(2)17-11-10-15-7-3-4-8-18(15)20(17)12-19(13)16/h3-12H,1-2H3. The summed E-state index contributed by atoms with van der Waals surface area (Å²) in [6.07, 6.45) is 0. The van der Waals surface area contributed by atoms with Gasteiger partial charge in [-0.25, -0.2) is 0 Å². The smallest absolute Gasteiger partial charge is 0.00963 e. The molecule has 0 saturated heterocycles. The molecule has 0 nitrogen and oxygen atoms in total. The zero-order chi connectivity index (χ0) is 13.7. The summed E-state index contributed by atoms with van der Waals surface area (Å²) in [5, 5.41) is 8.12. The summed E-state index contributed by atoms with van der Waals surface area (Å²) in [5.74, 6) is 0. The van der Waals surface area contributed by atoms with E-state index in [9.17, 15) is 0 Å². The van der Waals surface area contributed by atoms with Crippen molar-refractivity contribution in [3.63, 3.8) is 0 Å². The van der Waals surface area contributed by atoms with Gasteiger partial charge in [0.25, 0.3) is 0 Å². The molecule has 4 aromatic carbocycles. The monoisotopic (exact) mass is 256 g/mol. The summed E-state index contributed by atoms with van der Waals surface area (Å²) in [6, 6.07) is 22.1. The van der Waals surface area contributed by atoms with E-state index in [1.165, 1.54) is 43.4 Å². The molecule has 0 heteroatoms. The van der Waals surface area contributed by atoms with Gasteiger partial charge < -0.3 is 0 Å². The van der Waals surface area contributed by atoms with E-state index in [0.717, 1.165) is 0 Å². The Bertz CT molecular complexity index is 962. The van der Waals surface area contributed by atoms with E-state index in [1.54, 1.807) is 0 Å². The lowest BCUT2D eigenvalue weighted by molar-refractivity contribution is 1.51. The van der Waals surface area contributed by atoms with Gasteiger partial charge in [-0.3, -0.25) is 0 Å². The Balaban J connectivity index is 2.33. The molecule has 4 rings (SSSR count). The van der Waals surface area contributed by atoms with Gasteiger partial charge in [-0.1, -0.05) is 54.6 Å². The second-order valence-electron chi connectivity index (χ2n) is 5.55. The third kappa shape index (κ3) is 1.48. The molecular weight excluding hydrogens is 240 g/mol. The van der Waals surface area contributed by atoms with Gasteiger partial charge in [-0.05, 0) is 63.4 Å². The van der Waals surface area contributed by atoms with Crippen LogP contribution in [0.2, 0.25) is 0 Å². The first-order chi connectivity index (χ1) is 9.75. The number of fused-ring (bicyclic) bond motifs is 4. The highest BCUT2D eigenvalue weighted by Gasteiger charge is 2.07. The van der Waals surface area contributed by atoms with Crippen LogP contribution in [-0.2, 0) is 0 Å². The molecule has 96 valence electrons. The normalized spacial score (nSPS) is 11.5. The van der Waals surface area contributed by atoms with Crippen LogP contribution in [0.4, 0.5) is 0 Å². The van der Waals surface area contributed by atoms with Crippen molar-refractivity contribution >= 4 is 32.3 Å². The molecule has 20 heavy (non-hydrogen) atoms. The largest absolute Gasteiger partial charge is 0.0616 e. The van der Waals surface area contributed by atoms with Crippen LogP contribution in [0, 0.1) is 13.8 Å². The third-order valence-corrected chi connectivity index (χ3v) is 4.39. The molecule has 0 saturated carbocycles. The highest BCUT2D eigenvalue weighted by atomic mass is 14.1. The van der Waals surface area contributed by atoms with E-state index in [2.05, 4.69) is 74.5 Å². The molecule has 0 spiro atoms. The van der Waals surface area contributed by atoms with Gasteiger partial charge >= 0.3 is 0 Å². The fourth-order valence-electron chi connectivity index (χ4n) is 3.27. The minimum atomic E-state index is 1.31. The Morgan fingerprint density at radius 3 is 2.20 bits per heavy atom. The average molecular weight is 256 g/mol. The molecule has 0 unspecified atom stereocenters. The maximum Gasteiger partial charge on any atom is -0.00963 e. The Morgan fingerprint density at radius 2 is 1.30 bits per heavy atom. The predicted molar refractivity (Wildman–Crippen MR) is 88.4 cm³/mol. The van der Waals surface area contributed by atoms with Gasteiger partial charge in [0.15, 0.2) is 0 Å². The second kappa shape index (κ2) is 4.08. The van der Waals surface area contributed by atoms with Gasteiger partial charge in [0.2, 0.25) is 0 Å². The number of rotatable bonds is 0. The molecule has 0 fully saturated rings. The van der Waals surface area contributed by atoms with Gasteiger partial charge in [0.05, 0.1) is 0 Å². The fourth-order valence-corrected chi connectivity index (χ4v) is 3.27.